The summed E-state index contributed by atoms with van der Waals surface area (Å²) in [7, 11) is 0. The molecule has 0 aromatic heterocycles. The molecular formula is C20H27NO3. The smallest absolute Gasteiger partial charge is 0.142 e. The highest BCUT2D eigenvalue weighted by Gasteiger charge is 2.07. The maximum Gasteiger partial charge on any atom is 0.142 e. The third-order valence-electron chi connectivity index (χ3n) is 3.48. The Hall–Kier alpha value is -2.20. The lowest BCUT2D eigenvalue weighted by molar-refractivity contribution is 0.110. The molecule has 4 heteroatoms. The van der Waals surface area contributed by atoms with E-state index in [4.69, 9.17) is 14.2 Å². The van der Waals surface area contributed by atoms with Crippen molar-refractivity contribution in [2.75, 3.05) is 31.7 Å². The Balaban J connectivity index is 1.84. The van der Waals surface area contributed by atoms with Gasteiger partial charge in [0, 0.05) is 6.61 Å². The van der Waals surface area contributed by atoms with Crippen LogP contribution in [0, 0.1) is 6.92 Å². The molecule has 0 aliphatic heterocycles. The first-order valence-corrected chi connectivity index (χ1v) is 8.45. The van der Waals surface area contributed by atoms with Gasteiger partial charge in [-0.15, -0.1) is 0 Å². The van der Waals surface area contributed by atoms with Crippen molar-refractivity contribution in [1.29, 1.82) is 0 Å². The van der Waals surface area contributed by atoms with Gasteiger partial charge in [0.2, 0.25) is 0 Å². The number of aryl methyl sites for hydroxylation is 1. The van der Waals surface area contributed by atoms with Crippen LogP contribution in [0.4, 0.5) is 5.69 Å². The third-order valence-corrected chi connectivity index (χ3v) is 3.48. The Kier molecular flexibility index (Phi) is 7.43. The Morgan fingerprint density at radius 3 is 2.67 bits per heavy atom. The average molecular weight is 329 g/mol. The van der Waals surface area contributed by atoms with E-state index in [1.165, 1.54) is 5.56 Å². The minimum atomic E-state index is 0.0447. The summed E-state index contributed by atoms with van der Waals surface area (Å²) >= 11 is 0. The van der Waals surface area contributed by atoms with Crippen molar-refractivity contribution in [3.63, 3.8) is 0 Å². The molecule has 2 aromatic rings. The fraction of sp³-hybridized carbons (Fsp3) is 0.400. The molecule has 0 aliphatic carbocycles. The van der Waals surface area contributed by atoms with E-state index in [-0.39, 0.29) is 6.10 Å². The molecule has 0 aliphatic rings. The standard InChI is InChI=1S/C20H27NO3/c1-4-22-12-13-23-20-11-6-5-10-19(20)21-15-17(3)24-18-9-7-8-16(2)14-18/h5-11,14,17,21H,4,12-13,15H2,1-3H3. The van der Waals surface area contributed by atoms with E-state index in [1.807, 2.05) is 56.3 Å². The van der Waals surface area contributed by atoms with Crippen molar-refractivity contribution in [2.45, 2.75) is 26.9 Å². The largest absolute Gasteiger partial charge is 0.489 e. The van der Waals surface area contributed by atoms with Crippen LogP contribution in [0.5, 0.6) is 11.5 Å². The van der Waals surface area contributed by atoms with Gasteiger partial charge in [0.25, 0.3) is 0 Å². The molecule has 2 rings (SSSR count). The molecule has 0 saturated carbocycles. The molecule has 0 amide bonds. The van der Waals surface area contributed by atoms with Gasteiger partial charge in [-0.25, -0.2) is 0 Å². The number of nitrogens with one attached hydrogen (secondary N) is 1. The van der Waals surface area contributed by atoms with E-state index in [0.717, 1.165) is 17.2 Å². The zero-order valence-corrected chi connectivity index (χ0v) is 14.7. The SMILES string of the molecule is CCOCCOc1ccccc1NCC(C)Oc1cccc(C)c1. The Labute approximate surface area is 144 Å². The summed E-state index contributed by atoms with van der Waals surface area (Å²) in [6.45, 7) is 8.63. The van der Waals surface area contributed by atoms with Crippen LogP contribution < -0.4 is 14.8 Å². The first kappa shape index (κ1) is 18.1. The number of para-hydroxylation sites is 2. The van der Waals surface area contributed by atoms with E-state index in [9.17, 15) is 0 Å². The van der Waals surface area contributed by atoms with Crippen molar-refractivity contribution < 1.29 is 14.2 Å². The molecule has 0 heterocycles. The van der Waals surface area contributed by atoms with Crippen LogP contribution in [0.3, 0.4) is 0 Å². The quantitative estimate of drug-likeness (QED) is 0.660. The molecule has 0 saturated heterocycles. The molecule has 1 N–H and O–H groups in total. The van der Waals surface area contributed by atoms with Crippen LogP contribution in [0.25, 0.3) is 0 Å². The number of anilines is 1. The lowest BCUT2D eigenvalue weighted by Crippen LogP contribution is -2.23. The number of rotatable bonds is 10. The van der Waals surface area contributed by atoms with Gasteiger partial charge in [0.05, 0.1) is 18.8 Å². The topological polar surface area (TPSA) is 39.7 Å². The van der Waals surface area contributed by atoms with Crippen molar-refractivity contribution in [2.24, 2.45) is 0 Å². The van der Waals surface area contributed by atoms with Crippen molar-refractivity contribution >= 4 is 5.69 Å². The highest BCUT2D eigenvalue weighted by molar-refractivity contribution is 5.56. The Bertz CT molecular complexity index is 615. The van der Waals surface area contributed by atoms with Crippen LogP contribution in [0.1, 0.15) is 19.4 Å². The van der Waals surface area contributed by atoms with Crippen LogP contribution in [0.15, 0.2) is 48.5 Å². The molecule has 130 valence electrons. The molecule has 0 radical (unpaired) electrons. The highest BCUT2D eigenvalue weighted by atomic mass is 16.5. The lowest BCUT2D eigenvalue weighted by atomic mass is 10.2. The van der Waals surface area contributed by atoms with Gasteiger partial charge in [0.1, 0.15) is 24.2 Å². The number of hydrogen-bond acceptors (Lipinski definition) is 4. The van der Waals surface area contributed by atoms with Gasteiger partial charge < -0.3 is 19.5 Å². The van der Waals surface area contributed by atoms with Gasteiger partial charge in [0.15, 0.2) is 0 Å². The second-order valence-corrected chi connectivity index (χ2v) is 5.67. The second kappa shape index (κ2) is 9.83. The summed E-state index contributed by atoms with van der Waals surface area (Å²) in [4.78, 5) is 0. The van der Waals surface area contributed by atoms with E-state index >= 15 is 0 Å². The summed E-state index contributed by atoms with van der Waals surface area (Å²) in [6, 6.07) is 16.0. The monoisotopic (exact) mass is 329 g/mol. The Morgan fingerprint density at radius 2 is 1.88 bits per heavy atom. The predicted molar refractivity (Wildman–Crippen MR) is 98.2 cm³/mol. The van der Waals surface area contributed by atoms with E-state index in [1.54, 1.807) is 0 Å². The fourth-order valence-electron chi connectivity index (χ4n) is 2.31. The second-order valence-electron chi connectivity index (χ2n) is 5.67. The minimum Gasteiger partial charge on any atom is -0.489 e. The number of ether oxygens (including phenoxy) is 3. The number of hydrogen-bond donors (Lipinski definition) is 1. The normalized spacial score (nSPS) is 11.8. The summed E-state index contributed by atoms with van der Waals surface area (Å²) in [6.07, 6.45) is 0.0447. The van der Waals surface area contributed by atoms with Crippen LogP contribution in [-0.4, -0.2) is 32.5 Å². The average Bonchev–Trinajstić information content (AvgIpc) is 2.58. The summed E-state index contributed by atoms with van der Waals surface area (Å²) in [5.41, 5.74) is 2.16. The van der Waals surface area contributed by atoms with Crippen molar-refractivity contribution in [1.82, 2.24) is 0 Å². The summed E-state index contributed by atoms with van der Waals surface area (Å²) < 4.78 is 17.0. The molecule has 1 unspecified atom stereocenters. The Morgan fingerprint density at radius 1 is 1.04 bits per heavy atom. The maximum atomic E-state index is 5.95. The van der Waals surface area contributed by atoms with Gasteiger partial charge >= 0.3 is 0 Å². The van der Waals surface area contributed by atoms with Crippen molar-refractivity contribution in [3.8, 4) is 11.5 Å². The fourth-order valence-corrected chi connectivity index (χ4v) is 2.31. The molecule has 0 bridgehead atoms. The van der Waals surface area contributed by atoms with Gasteiger partial charge in [-0.1, -0.05) is 24.3 Å². The molecule has 2 aromatic carbocycles. The van der Waals surface area contributed by atoms with Crippen LogP contribution in [0.2, 0.25) is 0 Å². The molecule has 1 atom stereocenters. The zero-order chi connectivity index (χ0) is 17.2. The first-order chi connectivity index (χ1) is 11.7. The zero-order valence-electron chi connectivity index (χ0n) is 14.7. The van der Waals surface area contributed by atoms with E-state index < -0.39 is 0 Å². The maximum absolute atomic E-state index is 5.95. The molecular weight excluding hydrogens is 302 g/mol. The van der Waals surface area contributed by atoms with E-state index in [2.05, 4.69) is 18.3 Å². The minimum absolute atomic E-state index is 0.0447. The van der Waals surface area contributed by atoms with Crippen LogP contribution >= 0.6 is 0 Å². The molecule has 4 nitrogen and oxygen atoms in total. The van der Waals surface area contributed by atoms with Crippen LogP contribution in [-0.2, 0) is 4.74 Å². The lowest BCUT2D eigenvalue weighted by Gasteiger charge is -2.18. The summed E-state index contributed by atoms with van der Waals surface area (Å²) in [5, 5.41) is 3.40. The van der Waals surface area contributed by atoms with Crippen molar-refractivity contribution in [3.05, 3.63) is 54.1 Å². The highest BCUT2D eigenvalue weighted by Crippen LogP contribution is 2.24. The van der Waals surface area contributed by atoms with Gasteiger partial charge in [-0.2, -0.15) is 0 Å². The third kappa shape index (κ3) is 6.13. The first-order valence-electron chi connectivity index (χ1n) is 8.45. The van der Waals surface area contributed by atoms with Gasteiger partial charge in [-0.05, 0) is 50.6 Å². The molecule has 0 spiro atoms. The predicted octanol–water partition coefficient (Wildman–Crippen LogP) is 4.29. The van der Waals surface area contributed by atoms with E-state index in [0.29, 0.717) is 26.4 Å². The summed E-state index contributed by atoms with van der Waals surface area (Å²) in [5.74, 6) is 1.73. The van der Waals surface area contributed by atoms with Gasteiger partial charge in [-0.3, -0.25) is 0 Å². The number of benzene rings is 2. The molecule has 24 heavy (non-hydrogen) atoms. The molecule has 0 fully saturated rings.